The van der Waals surface area contributed by atoms with Crippen LogP contribution in [0.25, 0.3) is 0 Å². The molecule has 2 saturated heterocycles. The summed E-state index contributed by atoms with van der Waals surface area (Å²) in [7, 11) is 0. The predicted octanol–water partition coefficient (Wildman–Crippen LogP) is 3.30. The average molecular weight is 326 g/mol. The average Bonchev–Trinajstić information content (AvgIpc) is 3.41. The van der Waals surface area contributed by atoms with E-state index in [4.69, 9.17) is 18.9 Å². The van der Waals surface area contributed by atoms with Gasteiger partial charge in [-0.1, -0.05) is 60.7 Å². The van der Waals surface area contributed by atoms with Crippen LogP contribution >= 0.6 is 0 Å². The minimum Gasteiger partial charge on any atom is -0.374 e. The highest BCUT2D eigenvalue weighted by Gasteiger charge is 2.52. The first-order chi connectivity index (χ1) is 11.9. The first kappa shape index (κ1) is 15.8. The van der Waals surface area contributed by atoms with Crippen molar-refractivity contribution in [3.63, 3.8) is 0 Å². The molecule has 2 aliphatic rings. The normalized spacial score (nSPS) is 28.3. The van der Waals surface area contributed by atoms with Crippen molar-refractivity contribution in [2.75, 3.05) is 6.61 Å². The van der Waals surface area contributed by atoms with Gasteiger partial charge in [0.05, 0.1) is 32.0 Å². The van der Waals surface area contributed by atoms with E-state index in [0.717, 1.165) is 6.42 Å². The van der Waals surface area contributed by atoms with E-state index in [1.807, 2.05) is 36.4 Å². The number of fused-ring (bicyclic) bond motifs is 1. The first-order valence-corrected chi connectivity index (χ1v) is 8.46. The molecular weight excluding hydrogens is 304 g/mol. The minimum absolute atomic E-state index is 0.0261. The molecule has 0 radical (unpaired) electrons. The van der Waals surface area contributed by atoms with Gasteiger partial charge in [-0.25, -0.2) is 0 Å². The Labute approximate surface area is 142 Å². The van der Waals surface area contributed by atoms with Gasteiger partial charge in [0.2, 0.25) is 0 Å². The van der Waals surface area contributed by atoms with Gasteiger partial charge in [0, 0.05) is 6.42 Å². The smallest absolute Gasteiger partial charge is 0.187 e. The Morgan fingerprint density at radius 3 is 2.21 bits per heavy atom. The SMILES string of the molecule is c1ccc(COC[C@@H]2C[C@H](OCc3ccccc3)[C@H]3O[C@H]3O2)cc1. The zero-order chi connectivity index (χ0) is 16.2. The van der Waals surface area contributed by atoms with E-state index in [1.54, 1.807) is 0 Å². The summed E-state index contributed by atoms with van der Waals surface area (Å²) in [6.45, 7) is 1.77. The van der Waals surface area contributed by atoms with Gasteiger partial charge in [-0.05, 0) is 11.1 Å². The van der Waals surface area contributed by atoms with Crippen molar-refractivity contribution < 1.29 is 18.9 Å². The van der Waals surface area contributed by atoms with Crippen molar-refractivity contribution in [1.29, 1.82) is 0 Å². The molecular formula is C20H22O4. The molecule has 0 amide bonds. The molecule has 0 saturated carbocycles. The summed E-state index contributed by atoms with van der Waals surface area (Å²) in [6.07, 6.45) is 0.874. The van der Waals surface area contributed by atoms with Crippen LogP contribution in [0.2, 0.25) is 0 Å². The van der Waals surface area contributed by atoms with Crippen LogP contribution in [0.15, 0.2) is 60.7 Å². The van der Waals surface area contributed by atoms with Crippen LogP contribution in [0.5, 0.6) is 0 Å². The van der Waals surface area contributed by atoms with Crippen molar-refractivity contribution in [2.45, 2.75) is 44.2 Å². The van der Waals surface area contributed by atoms with Crippen molar-refractivity contribution in [2.24, 2.45) is 0 Å². The van der Waals surface area contributed by atoms with E-state index in [1.165, 1.54) is 11.1 Å². The molecule has 0 aliphatic carbocycles. The predicted molar refractivity (Wildman–Crippen MR) is 89.3 cm³/mol. The number of hydrogen-bond donors (Lipinski definition) is 0. The molecule has 4 atom stereocenters. The summed E-state index contributed by atoms with van der Waals surface area (Å²) in [5, 5.41) is 0. The fraction of sp³-hybridized carbons (Fsp3) is 0.400. The van der Waals surface area contributed by atoms with Crippen molar-refractivity contribution >= 4 is 0 Å². The molecule has 4 nitrogen and oxygen atoms in total. The van der Waals surface area contributed by atoms with E-state index in [-0.39, 0.29) is 24.6 Å². The topological polar surface area (TPSA) is 40.2 Å². The number of epoxide rings is 1. The molecule has 0 bridgehead atoms. The van der Waals surface area contributed by atoms with Crippen molar-refractivity contribution in [3.8, 4) is 0 Å². The second-order valence-electron chi connectivity index (χ2n) is 6.30. The van der Waals surface area contributed by atoms with Gasteiger partial charge in [-0.3, -0.25) is 0 Å². The maximum Gasteiger partial charge on any atom is 0.187 e. The van der Waals surface area contributed by atoms with Crippen LogP contribution in [-0.4, -0.2) is 31.2 Å². The van der Waals surface area contributed by atoms with E-state index in [9.17, 15) is 0 Å². The highest BCUT2D eigenvalue weighted by Crippen LogP contribution is 2.37. The Kier molecular flexibility index (Phi) is 4.90. The van der Waals surface area contributed by atoms with Crippen LogP contribution in [0.3, 0.4) is 0 Å². The van der Waals surface area contributed by atoms with Crippen LogP contribution in [0.1, 0.15) is 17.5 Å². The molecule has 0 N–H and O–H groups in total. The summed E-state index contributed by atoms with van der Waals surface area (Å²) < 4.78 is 23.3. The summed E-state index contributed by atoms with van der Waals surface area (Å²) in [6, 6.07) is 20.4. The molecule has 0 aromatic heterocycles. The highest BCUT2D eigenvalue weighted by atomic mass is 16.8. The van der Waals surface area contributed by atoms with Gasteiger partial charge < -0.3 is 18.9 Å². The molecule has 24 heavy (non-hydrogen) atoms. The zero-order valence-electron chi connectivity index (χ0n) is 13.5. The van der Waals surface area contributed by atoms with E-state index in [0.29, 0.717) is 19.8 Å². The Hall–Kier alpha value is -1.72. The summed E-state index contributed by atoms with van der Waals surface area (Å²) in [5.74, 6) is 0. The zero-order valence-corrected chi connectivity index (χ0v) is 13.5. The van der Waals surface area contributed by atoms with Gasteiger partial charge in [-0.2, -0.15) is 0 Å². The summed E-state index contributed by atoms with van der Waals surface area (Å²) in [4.78, 5) is 0. The maximum absolute atomic E-state index is 6.06. The van der Waals surface area contributed by atoms with Gasteiger partial charge in [0.25, 0.3) is 0 Å². The molecule has 2 heterocycles. The van der Waals surface area contributed by atoms with Crippen LogP contribution in [0.4, 0.5) is 0 Å². The largest absolute Gasteiger partial charge is 0.374 e. The lowest BCUT2D eigenvalue weighted by Gasteiger charge is -2.26. The van der Waals surface area contributed by atoms with Gasteiger partial charge >= 0.3 is 0 Å². The highest BCUT2D eigenvalue weighted by molar-refractivity contribution is 5.14. The molecule has 2 aromatic rings. The first-order valence-electron chi connectivity index (χ1n) is 8.46. The lowest BCUT2D eigenvalue weighted by molar-refractivity contribution is -0.101. The van der Waals surface area contributed by atoms with E-state index in [2.05, 4.69) is 24.3 Å². The monoisotopic (exact) mass is 326 g/mol. The number of hydrogen-bond acceptors (Lipinski definition) is 4. The molecule has 4 rings (SSSR count). The Morgan fingerprint density at radius 2 is 1.50 bits per heavy atom. The molecule has 2 aromatic carbocycles. The van der Waals surface area contributed by atoms with Gasteiger partial charge in [-0.15, -0.1) is 0 Å². The summed E-state index contributed by atoms with van der Waals surface area (Å²) in [5.41, 5.74) is 2.35. The molecule has 2 fully saturated rings. The second-order valence-corrected chi connectivity index (χ2v) is 6.30. The second kappa shape index (κ2) is 7.45. The third kappa shape index (κ3) is 4.02. The van der Waals surface area contributed by atoms with Gasteiger partial charge in [0.15, 0.2) is 6.29 Å². The number of ether oxygens (including phenoxy) is 4. The molecule has 0 unspecified atom stereocenters. The maximum atomic E-state index is 6.06. The minimum atomic E-state index is -0.121. The van der Waals surface area contributed by atoms with Crippen LogP contribution in [-0.2, 0) is 32.2 Å². The third-order valence-electron chi connectivity index (χ3n) is 4.39. The molecule has 4 heteroatoms. The summed E-state index contributed by atoms with van der Waals surface area (Å²) >= 11 is 0. The van der Waals surface area contributed by atoms with Gasteiger partial charge in [0.1, 0.15) is 6.10 Å². The van der Waals surface area contributed by atoms with Crippen LogP contribution in [0, 0.1) is 0 Å². The van der Waals surface area contributed by atoms with E-state index >= 15 is 0 Å². The quantitative estimate of drug-likeness (QED) is 0.732. The Bertz CT molecular complexity index is 631. The van der Waals surface area contributed by atoms with E-state index < -0.39 is 0 Å². The standard InChI is InChI=1S/C20H22O4/c1-3-7-15(8-4-1)12-21-14-17-11-18(19-20(23-17)24-19)22-13-16-9-5-2-6-10-16/h1-10,17-20H,11-14H2/t17-,18-,19+,20+/m0/s1. The Balaban J connectivity index is 1.24. The van der Waals surface area contributed by atoms with Crippen molar-refractivity contribution in [1.82, 2.24) is 0 Å². The lowest BCUT2D eigenvalue weighted by Crippen LogP contribution is -2.37. The number of rotatable bonds is 7. The molecule has 0 spiro atoms. The fourth-order valence-corrected chi connectivity index (χ4v) is 3.05. The van der Waals surface area contributed by atoms with Crippen LogP contribution < -0.4 is 0 Å². The fourth-order valence-electron chi connectivity index (χ4n) is 3.05. The third-order valence-corrected chi connectivity index (χ3v) is 4.39. The molecule has 126 valence electrons. The number of benzene rings is 2. The Morgan fingerprint density at radius 1 is 0.833 bits per heavy atom. The lowest BCUT2D eigenvalue weighted by atomic mass is 10.1. The molecule has 2 aliphatic heterocycles. The van der Waals surface area contributed by atoms with Crippen molar-refractivity contribution in [3.05, 3.63) is 71.8 Å².